The summed E-state index contributed by atoms with van der Waals surface area (Å²) in [6.45, 7) is 2.31. The topological polar surface area (TPSA) is 77.2 Å². The van der Waals surface area contributed by atoms with Gasteiger partial charge in [-0.1, -0.05) is 23.7 Å². The molecule has 0 aliphatic rings. The monoisotopic (exact) mass is 417 g/mol. The number of halogens is 2. The highest BCUT2D eigenvalue weighted by molar-refractivity contribution is 6.31. The second-order valence-electron chi connectivity index (χ2n) is 6.52. The summed E-state index contributed by atoms with van der Waals surface area (Å²) in [6, 6.07) is 6.80. The minimum absolute atomic E-state index is 0.151. The van der Waals surface area contributed by atoms with E-state index in [1.807, 2.05) is 19.1 Å². The van der Waals surface area contributed by atoms with Crippen molar-refractivity contribution in [2.75, 3.05) is 13.7 Å². The van der Waals surface area contributed by atoms with Gasteiger partial charge in [0, 0.05) is 30.4 Å². The molecule has 1 N–H and O–H groups in total. The van der Waals surface area contributed by atoms with Gasteiger partial charge in [0.15, 0.2) is 17.8 Å². The number of oxazole rings is 1. The van der Waals surface area contributed by atoms with Crippen LogP contribution in [0, 0.1) is 5.82 Å². The normalized spacial score (nSPS) is 12.0. The third-order valence-corrected chi connectivity index (χ3v) is 4.85. The van der Waals surface area contributed by atoms with Gasteiger partial charge in [-0.15, -0.1) is 0 Å². The number of hydrogen-bond donors (Lipinski definition) is 1. The third kappa shape index (κ3) is 5.19. The Morgan fingerprint density at radius 1 is 1.34 bits per heavy atom. The lowest BCUT2D eigenvalue weighted by atomic mass is 10.0. The van der Waals surface area contributed by atoms with Crippen molar-refractivity contribution >= 4 is 17.5 Å². The van der Waals surface area contributed by atoms with Crippen molar-refractivity contribution in [3.05, 3.63) is 70.7 Å². The molecule has 0 fully saturated rings. The first-order valence-corrected chi connectivity index (χ1v) is 9.51. The van der Waals surface area contributed by atoms with Crippen LogP contribution >= 0.6 is 11.6 Å². The third-order valence-electron chi connectivity index (χ3n) is 4.53. The summed E-state index contributed by atoms with van der Waals surface area (Å²) in [6.07, 6.45) is 5.08. The number of amides is 1. The Morgan fingerprint density at radius 3 is 2.90 bits per heavy atom. The SMILES string of the molecule is COC(C)c1ccc(-c2ocnc2C(=O)NCCCc2cncc(F)c2)cc1Cl. The largest absolute Gasteiger partial charge is 0.443 e. The zero-order chi connectivity index (χ0) is 20.8. The Kier molecular flexibility index (Phi) is 6.95. The van der Waals surface area contributed by atoms with E-state index >= 15 is 0 Å². The molecule has 0 aliphatic carbocycles. The number of carbonyl (C=O) groups excluding carboxylic acids is 1. The highest BCUT2D eigenvalue weighted by Crippen LogP contribution is 2.31. The lowest BCUT2D eigenvalue weighted by molar-refractivity contribution is 0.0949. The number of hydrogen-bond acceptors (Lipinski definition) is 5. The molecule has 1 unspecified atom stereocenters. The molecule has 6 nitrogen and oxygen atoms in total. The Bertz CT molecular complexity index is 993. The molecule has 1 amide bonds. The van der Waals surface area contributed by atoms with Gasteiger partial charge in [0.25, 0.3) is 5.91 Å². The summed E-state index contributed by atoms with van der Waals surface area (Å²) >= 11 is 6.35. The highest BCUT2D eigenvalue weighted by atomic mass is 35.5. The van der Waals surface area contributed by atoms with Crippen LogP contribution in [0.25, 0.3) is 11.3 Å². The van der Waals surface area contributed by atoms with Crippen LogP contribution in [0.15, 0.2) is 47.5 Å². The first-order valence-electron chi connectivity index (χ1n) is 9.13. The zero-order valence-corrected chi connectivity index (χ0v) is 16.9. The van der Waals surface area contributed by atoms with Crippen LogP contribution in [0.3, 0.4) is 0 Å². The fourth-order valence-electron chi connectivity index (χ4n) is 2.91. The van der Waals surface area contributed by atoms with Gasteiger partial charge >= 0.3 is 0 Å². The maximum absolute atomic E-state index is 13.1. The number of ether oxygens (including phenoxy) is 1. The molecule has 1 atom stereocenters. The maximum Gasteiger partial charge on any atom is 0.273 e. The Labute approximate surface area is 173 Å². The number of carbonyl (C=O) groups is 1. The second-order valence-corrected chi connectivity index (χ2v) is 6.92. The molecule has 3 aromatic rings. The van der Waals surface area contributed by atoms with E-state index in [0.717, 1.165) is 17.3 Å². The molecule has 2 heterocycles. The number of aromatic nitrogens is 2. The molecule has 0 spiro atoms. The molecule has 0 saturated carbocycles. The van der Waals surface area contributed by atoms with Gasteiger partial charge in [-0.3, -0.25) is 9.78 Å². The van der Waals surface area contributed by atoms with Crippen molar-refractivity contribution in [1.29, 1.82) is 0 Å². The average molecular weight is 418 g/mol. The summed E-state index contributed by atoms with van der Waals surface area (Å²) in [7, 11) is 1.61. The van der Waals surface area contributed by atoms with Gasteiger partial charge in [-0.2, -0.15) is 0 Å². The Hall–Kier alpha value is -2.77. The quantitative estimate of drug-likeness (QED) is 0.542. The molecule has 8 heteroatoms. The van der Waals surface area contributed by atoms with E-state index in [9.17, 15) is 9.18 Å². The summed E-state index contributed by atoms with van der Waals surface area (Å²) in [5.41, 5.74) is 2.45. The smallest absolute Gasteiger partial charge is 0.273 e. The maximum atomic E-state index is 13.1. The number of rotatable bonds is 8. The van der Waals surface area contributed by atoms with Crippen molar-refractivity contribution in [2.24, 2.45) is 0 Å². The molecule has 1 aromatic carbocycles. The summed E-state index contributed by atoms with van der Waals surface area (Å²) < 4.78 is 23.9. The number of nitrogens with zero attached hydrogens (tertiary/aromatic N) is 2. The highest BCUT2D eigenvalue weighted by Gasteiger charge is 2.19. The molecule has 0 radical (unpaired) electrons. The number of nitrogens with one attached hydrogen (secondary N) is 1. The first kappa shape index (κ1) is 21.0. The second kappa shape index (κ2) is 9.62. The number of aryl methyl sites for hydroxylation is 1. The molecule has 29 heavy (non-hydrogen) atoms. The molecule has 2 aromatic heterocycles. The van der Waals surface area contributed by atoms with E-state index in [-0.39, 0.29) is 23.5 Å². The van der Waals surface area contributed by atoms with E-state index in [2.05, 4.69) is 15.3 Å². The van der Waals surface area contributed by atoms with E-state index in [0.29, 0.717) is 35.7 Å². The fourth-order valence-corrected chi connectivity index (χ4v) is 3.24. The predicted molar refractivity (Wildman–Crippen MR) is 107 cm³/mol. The van der Waals surface area contributed by atoms with Crippen LogP contribution in [-0.4, -0.2) is 29.5 Å². The van der Waals surface area contributed by atoms with E-state index in [1.54, 1.807) is 19.4 Å². The van der Waals surface area contributed by atoms with Gasteiger partial charge in [0.05, 0.1) is 12.3 Å². The number of pyridine rings is 1. The van der Waals surface area contributed by atoms with E-state index in [1.165, 1.54) is 12.5 Å². The van der Waals surface area contributed by atoms with Crippen molar-refractivity contribution in [3.8, 4) is 11.3 Å². The van der Waals surface area contributed by atoms with Gasteiger partial charge in [-0.05, 0) is 43.0 Å². The summed E-state index contributed by atoms with van der Waals surface area (Å²) in [5.74, 6) is -0.379. The van der Waals surface area contributed by atoms with Gasteiger partial charge in [0.2, 0.25) is 0 Å². The summed E-state index contributed by atoms with van der Waals surface area (Å²) in [4.78, 5) is 20.4. The van der Waals surface area contributed by atoms with Crippen LogP contribution in [-0.2, 0) is 11.2 Å². The number of benzene rings is 1. The van der Waals surface area contributed by atoms with Crippen LogP contribution in [0.2, 0.25) is 5.02 Å². The van der Waals surface area contributed by atoms with Crippen molar-refractivity contribution in [2.45, 2.75) is 25.9 Å². The number of methoxy groups -OCH3 is 1. The molecular weight excluding hydrogens is 397 g/mol. The molecule has 0 saturated heterocycles. The lowest BCUT2D eigenvalue weighted by Gasteiger charge is -2.12. The first-order chi connectivity index (χ1) is 14.0. The summed E-state index contributed by atoms with van der Waals surface area (Å²) in [5, 5.41) is 3.32. The standard InChI is InChI=1S/C21H21ClFN3O3/c1-13(28-2)17-6-5-15(9-18(17)22)20-19(26-12-29-20)21(27)25-7-3-4-14-8-16(23)11-24-10-14/h5-6,8-13H,3-4,7H2,1-2H3,(H,25,27). The van der Waals surface area contributed by atoms with Crippen LogP contribution in [0.1, 0.15) is 41.1 Å². The Balaban J connectivity index is 1.63. The molecule has 152 valence electrons. The molecule has 0 bridgehead atoms. The Morgan fingerprint density at radius 2 is 2.17 bits per heavy atom. The van der Waals surface area contributed by atoms with Gasteiger partial charge in [0.1, 0.15) is 5.82 Å². The minimum atomic E-state index is -0.372. The fraction of sp³-hybridized carbons (Fsp3) is 0.286. The van der Waals surface area contributed by atoms with Crippen molar-refractivity contribution < 1.29 is 18.3 Å². The molecular formula is C21H21ClFN3O3. The average Bonchev–Trinajstić information content (AvgIpc) is 3.20. The van der Waals surface area contributed by atoms with Crippen LogP contribution in [0.5, 0.6) is 0 Å². The minimum Gasteiger partial charge on any atom is -0.443 e. The van der Waals surface area contributed by atoms with E-state index in [4.69, 9.17) is 20.8 Å². The van der Waals surface area contributed by atoms with Crippen LogP contribution < -0.4 is 5.32 Å². The van der Waals surface area contributed by atoms with E-state index < -0.39 is 0 Å². The lowest BCUT2D eigenvalue weighted by Crippen LogP contribution is -2.25. The molecule has 3 rings (SSSR count). The predicted octanol–water partition coefficient (Wildman–Crippen LogP) is 4.60. The van der Waals surface area contributed by atoms with Crippen molar-refractivity contribution in [3.63, 3.8) is 0 Å². The zero-order valence-electron chi connectivity index (χ0n) is 16.1. The molecule has 0 aliphatic heterocycles. The van der Waals surface area contributed by atoms with Crippen LogP contribution in [0.4, 0.5) is 4.39 Å². The van der Waals surface area contributed by atoms with Gasteiger partial charge in [-0.25, -0.2) is 9.37 Å². The van der Waals surface area contributed by atoms with Crippen molar-refractivity contribution in [1.82, 2.24) is 15.3 Å². The van der Waals surface area contributed by atoms with Gasteiger partial charge < -0.3 is 14.5 Å².